The number of carbonyl (C=O) groups is 2. The predicted octanol–water partition coefficient (Wildman–Crippen LogP) is 1.07. The van der Waals surface area contributed by atoms with E-state index in [0.717, 1.165) is 57.8 Å². The lowest BCUT2D eigenvalue weighted by molar-refractivity contribution is -0.371. The van der Waals surface area contributed by atoms with Crippen molar-refractivity contribution >= 4 is 11.9 Å². The highest BCUT2D eigenvalue weighted by molar-refractivity contribution is 5.66. The smallest absolute Gasteiger partial charge is 0.303 e. The summed E-state index contributed by atoms with van der Waals surface area (Å²) in [5.41, 5.74) is 0. The van der Waals surface area contributed by atoms with Crippen LogP contribution in [0.4, 0.5) is 0 Å². The van der Waals surface area contributed by atoms with E-state index in [1.54, 1.807) is 6.92 Å². The van der Waals surface area contributed by atoms with E-state index < -0.39 is 86.1 Å². The quantitative estimate of drug-likeness (QED) is 0.0519. The normalized spacial score (nSPS) is 32.6. The molecular weight excluding hydrogens is 608 g/mol. The highest BCUT2D eigenvalue weighted by atomic mass is 16.8. The number of carbonyl (C=O) groups excluding carboxylic acids is 1. The lowest BCUT2D eigenvalue weighted by Crippen LogP contribution is -2.65. The first kappa shape index (κ1) is 40.2. The minimum absolute atomic E-state index is 0.242. The number of unbranched alkanes of at least 4 members (excludes halogenated alkanes) is 6. The van der Waals surface area contributed by atoms with Crippen molar-refractivity contribution in [2.75, 3.05) is 13.2 Å². The van der Waals surface area contributed by atoms with Gasteiger partial charge in [0.15, 0.2) is 12.6 Å². The molecular formula is C32H54O14. The Labute approximate surface area is 270 Å². The molecule has 2 fully saturated rings. The predicted molar refractivity (Wildman–Crippen MR) is 163 cm³/mol. The third-order valence-corrected chi connectivity index (χ3v) is 7.95. The molecule has 7 N–H and O–H groups in total. The van der Waals surface area contributed by atoms with E-state index in [2.05, 4.69) is 24.3 Å². The fraction of sp³-hybridized carbons (Fsp3) is 0.812. The van der Waals surface area contributed by atoms with E-state index in [1.165, 1.54) is 6.92 Å². The summed E-state index contributed by atoms with van der Waals surface area (Å²) in [5.74, 6) is -1.35. The molecule has 266 valence electrons. The average molecular weight is 663 g/mol. The molecule has 2 aliphatic rings. The maximum atomic E-state index is 11.3. The number of hydrogen-bond acceptors (Lipinski definition) is 13. The van der Waals surface area contributed by atoms with Gasteiger partial charge in [-0.2, -0.15) is 0 Å². The van der Waals surface area contributed by atoms with Crippen molar-refractivity contribution in [3.05, 3.63) is 24.3 Å². The Morgan fingerprint density at radius 1 is 0.761 bits per heavy atom. The first-order valence-corrected chi connectivity index (χ1v) is 16.2. The molecule has 2 rings (SSSR count). The van der Waals surface area contributed by atoms with Gasteiger partial charge in [-0.1, -0.05) is 43.6 Å². The molecule has 0 aromatic carbocycles. The molecule has 0 saturated carbocycles. The van der Waals surface area contributed by atoms with Crippen LogP contribution in [0, 0.1) is 0 Å². The number of carboxylic acid groups (broad SMARTS) is 1. The summed E-state index contributed by atoms with van der Waals surface area (Å²) in [5, 5.41) is 70.4. The molecule has 14 nitrogen and oxygen atoms in total. The Morgan fingerprint density at radius 2 is 1.37 bits per heavy atom. The number of allylic oxidation sites excluding steroid dienone is 4. The molecule has 0 aliphatic carbocycles. The molecule has 46 heavy (non-hydrogen) atoms. The first-order chi connectivity index (χ1) is 22.0. The molecule has 2 aliphatic heterocycles. The van der Waals surface area contributed by atoms with Crippen LogP contribution in [0.2, 0.25) is 0 Å². The summed E-state index contributed by atoms with van der Waals surface area (Å²) in [6, 6.07) is 0. The minimum atomic E-state index is -1.75. The summed E-state index contributed by atoms with van der Waals surface area (Å²) in [7, 11) is 0. The van der Waals surface area contributed by atoms with Crippen LogP contribution >= 0.6 is 0 Å². The maximum Gasteiger partial charge on any atom is 0.303 e. The molecule has 0 amide bonds. The van der Waals surface area contributed by atoms with Gasteiger partial charge in [0.2, 0.25) is 0 Å². The van der Waals surface area contributed by atoms with Gasteiger partial charge >= 0.3 is 11.9 Å². The average Bonchev–Trinajstić information content (AvgIpc) is 3.01. The van der Waals surface area contributed by atoms with E-state index in [4.69, 9.17) is 28.8 Å². The number of aliphatic hydroxyl groups excluding tert-OH is 6. The van der Waals surface area contributed by atoms with Crippen molar-refractivity contribution < 1.29 is 69.0 Å². The lowest BCUT2D eigenvalue weighted by Gasteiger charge is -2.46. The summed E-state index contributed by atoms with van der Waals surface area (Å²) < 4.78 is 28.0. The van der Waals surface area contributed by atoms with E-state index in [9.17, 15) is 40.2 Å². The summed E-state index contributed by atoms with van der Waals surface area (Å²) in [6.07, 6.45) is 2.20. The number of esters is 1. The van der Waals surface area contributed by atoms with Crippen LogP contribution in [0.15, 0.2) is 24.3 Å². The van der Waals surface area contributed by atoms with Crippen molar-refractivity contribution in [3.63, 3.8) is 0 Å². The Bertz CT molecular complexity index is 926. The van der Waals surface area contributed by atoms with Gasteiger partial charge < -0.3 is 59.4 Å². The molecule has 0 unspecified atom stereocenters. The second-order valence-electron chi connectivity index (χ2n) is 11.9. The van der Waals surface area contributed by atoms with E-state index in [0.29, 0.717) is 6.42 Å². The molecule has 2 heterocycles. The second kappa shape index (κ2) is 21.8. The SMILES string of the molecule is CC(=O)OC[C@H]1O[C@@H](O[C@@H](C)CCCC=CCC=CCCCCCCCC(=O)O)[C@H](O[C@@H]2O[C@H](CO)[C@@H](O)[C@H](O)[C@H]2O)[C@@H](O)[C@@H]1O. The van der Waals surface area contributed by atoms with Gasteiger partial charge in [-0.05, 0) is 51.9 Å². The molecule has 0 aromatic rings. The number of rotatable bonds is 21. The lowest BCUT2D eigenvalue weighted by atomic mass is 9.97. The van der Waals surface area contributed by atoms with Crippen molar-refractivity contribution in [2.24, 2.45) is 0 Å². The van der Waals surface area contributed by atoms with Gasteiger partial charge in [0, 0.05) is 13.3 Å². The Morgan fingerprint density at radius 3 is 2.02 bits per heavy atom. The Balaban J connectivity index is 1.83. The van der Waals surface area contributed by atoms with Crippen LogP contribution < -0.4 is 0 Å². The summed E-state index contributed by atoms with van der Waals surface area (Å²) in [6.45, 7) is 1.95. The van der Waals surface area contributed by atoms with Gasteiger partial charge in [0.25, 0.3) is 0 Å². The summed E-state index contributed by atoms with van der Waals surface area (Å²) >= 11 is 0. The summed E-state index contributed by atoms with van der Waals surface area (Å²) in [4.78, 5) is 21.8. The van der Waals surface area contributed by atoms with Gasteiger partial charge in [-0.25, -0.2) is 0 Å². The highest BCUT2D eigenvalue weighted by Crippen LogP contribution is 2.31. The maximum absolute atomic E-state index is 11.3. The minimum Gasteiger partial charge on any atom is -0.481 e. The monoisotopic (exact) mass is 662 g/mol. The van der Waals surface area contributed by atoms with E-state index >= 15 is 0 Å². The molecule has 14 heteroatoms. The topological polar surface area (TPSA) is 222 Å². The van der Waals surface area contributed by atoms with Gasteiger partial charge in [0.1, 0.15) is 55.4 Å². The number of carboxylic acids is 1. The molecule has 0 bridgehead atoms. The van der Waals surface area contributed by atoms with Crippen molar-refractivity contribution in [2.45, 2.75) is 152 Å². The number of aliphatic carboxylic acids is 1. The number of aliphatic hydroxyl groups is 6. The number of hydrogen-bond donors (Lipinski definition) is 7. The zero-order valence-corrected chi connectivity index (χ0v) is 26.8. The van der Waals surface area contributed by atoms with Crippen LogP contribution in [-0.4, -0.2) is 128 Å². The highest BCUT2D eigenvalue weighted by Gasteiger charge is 2.51. The van der Waals surface area contributed by atoms with Crippen LogP contribution in [-0.2, 0) is 33.3 Å². The molecule has 11 atom stereocenters. The first-order valence-electron chi connectivity index (χ1n) is 16.2. The van der Waals surface area contributed by atoms with Gasteiger partial charge in [0.05, 0.1) is 12.7 Å². The Kier molecular flexibility index (Phi) is 19.1. The fourth-order valence-corrected chi connectivity index (χ4v) is 5.23. The van der Waals surface area contributed by atoms with Crippen LogP contribution in [0.5, 0.6) is 0 Å². The van der Waals surface area contributed by atoms with Crippen molar-refractivity contribution in [1.29, 1.82) is 0 Å². The molecule has 0 radical (unpaired) electrons. The molecule has 0 aromatic heterocycles. The van der Waals surface area contributed by atoms with Crippen LogP contribution in [0.1, 0.15) is 84.5 Å². The van der Waals surface area contributed by atoms with Gasteiger partial charge in [-0.3, -0.25) is 9.59 Å². The van der Waals surface area contributed by atoms with Crippen molar-refractivity contribution in [1.82, 2.24) is 0 Å². The van der Waals surface area contributed by atoms with E-state index in [-0.39, 0.29) is 13.0 Å². The fourth-order valence-electron chi connectivity index (χ4n) is 5.23. The Hall–Kier alpha value is -1.98. The molecule has 0 spiro atoms. The molecule has 2 saturated heterocycles. The second-order valence-corrected chi connectivity index (χ2v) is 11.9. The zero-order chi connectivity index (χ0) is 34.1. The van der Waals surface area contributed by atoms with Gasteiger partial charge in [-0.15, -0.1) is 0 Å². The largest absolute Gasteiger partial charge is 0.481 e. The van der Waals surface area contributed by atoms with Crippen molar-refractivity contribution in [3.8, 4) is 0 Å². The van der Waals surface area contributed by atoms with Crippen LogP contribution in [0.25, 0.3) is 0 Å². The zero-order valence-electron chi connectivity index (χ0n) is 26.8. The third-order valence-electron chi connectivity index (χ3n) is 7.95. The third kappa shape index (κ3) is 14.0. The standard InChI is InChI=1S/C32H54O14/c1-20(16-14-12-10-8-6-4-3-5-7-9-11-13-15-17-24(35)36)43-32-30(28(40)26(38)23(45-32)19-42-21(2)34)46-31-29(41)27(39)25(37)22(18-33)44-31/h3-4,8,10,20,22-23,25-33,37-41H,5-7,9,11-19H2,1-2H3,(H,35,36)/t20-,22+,23+,25+,26+,27-,28-,29+,30+,31-,32+/m0/s1. The van der Waals surface area contributed by atoms with Crippen LogP contribution in [0.3, 0.4) is 0 Å². The van der Waals surface area contributed by atoms with E-state index in [1.807, 2.05) is 0 Å². The number of ether oxygens (including phenoxy) is 5.